The highest BCUT2D eigenvalue weighted by Crippen LogP contribution is 2.27. The van der Waals surface area contributed by atoms with E-state index >= 15 is 0 Å². The first kappa shape index (κ1) is 13.8. The standard InChI is InChI=1S/C13H17N3O2S/c1-9-4-3-5-10-12(9)16-13(19-10)15-8-11(17)14-6-7-18-2/h3-5H,6-8H2,1-2H3,(H,14,17)(H,15,16). The first-order chi connectivity index (χ1) is 9.20. The molecular formula is C13H17N3O2S. The van der Waals surface area contributed by atoms with E-state index in [1.165, 1.54) is 0 Å². The molecule has 0 saturated carbocycles. The Morgan fingerprint density at radius 2 is 2.32 bits per heavy atom. The van der Waals surface area contributed by atoms with E-state index in [4.69, 9.17) is 4.74 Å². The minimum absolute atomic E-state index is 0.0620. The molecule has 1 aromatic carbocycles. The van der Waals surface area contributed by atoms with Crippen LogP contribution < -0.4 is 10.6 Å². The molecule has 0 aliphatic heterocycles. The quantitative estimate of drug-likeness (QED) is 0.791. The number of aryl methyl sites for hydroxylation is 1. The highest BCUT2D eigenvalue weighted by Gasteiger charge is 2.06. The summed E-state index contributed by atoms with van der Waals surface area (Å²) in [5, 5.41) is 6.56. The van der Waals surface area contributed by atoms with Gasteiger partial charge in [-0.1, -0.05) is 23.5 Å². The number of amides is 1. The molecule has 1 aromatic heterocycles. The molecule has 0 unspecified atom stereocenters. The summed E-state index contributed by atoms with van der Waals surface area (Å²) in [6, 6.07) is 6.07. The normalized spacial score (nSPS) is 10.6. The van der Waals surface area contributed by atoms with Crippen LogP contribution in [0.15, 0.2) is 18.2 Å². The van der Waals surface area contributed by atoms with Crippen LogP contribution >= 0.6 is 11.3 Å². The molecule has 0 radical (unpaired) electrons. The topological polar surface area (TPSA) is 63.2 Å². The third kappa shape index (κ3) is 3.65. The van der Waals surface area contributed by atoms with Crippen LogP contribution in [0.3, 0.4) is 0 Å². The van der Waals surface area contributed by atoms with Crippen LogP contribution in [0.2, 0.25) is 0 Å². The number of carbonyl (C=O) groups is 1. The number of hydrogen-bond donors (Lipinski definition) is 2. The summed E-state index contributed by atoms with van der Waals surface area (Å²) >= 11 is 1.55. The lowest BCUT2D eigenvalue weighted by Crippen LogP contribution is -2.32. The lowest BCUT2D eigenvalue weighted by molar-refractivity contribution is -0.119. The number of benzene rings is 1. The number of anilines is 1. The average molecular weight is 279 g/mol. The van der Waals surface area contributed by atoms with Gasteiger partial charge >= 0.3 is 0 Å². The number of para-hydroxylation sites is 1. The van der Waals surface area contributed by atoms with Crippen LogP contribution in [-0.4, -0.2) is 37.7 Å². The molecule has 0 bridgehead atoms. The van der Waals surface area contributed by atoms with Gasteiger partial charge in [-0.2, -0.15) is 0 Å². The van der Waals surface area contributed by atoms with E-state index in [0.29, 0.717) is 13.2 Å². The number of thiazole rings is 1. The molecule has 6 heteroatoms. The number of nitrogens with zero attached hydrogens (tertiary/aromatic N) is 1. The summed E-state index contributed by atoms with van der Waals surface area (Å²) in [6.45, 7) is 3.30. The maximum absolute atomic E-state index is 11.5. The zero-order valence-electron chi connectivity index (χ0n) is 11.0. The van der Waals surface area contributed by atoms with E-state index in [1.807, 2.05) is 25.1 Å². The van der Waals surface area contributed by atoms with Crippen molar-refractivity contribution < 1.29 is 9.53 Å². The van der Waals surface area contributed by atoms with Crippen molar-refractivity contribution in [2.24, 2.45) is 0 Å². The predicted octanol–water partition coefficient (Wildman–Crippen LogP) is 1.78. The number of carbonyl (C=O) groups excluding carboxylic acids is 1. The van der Waals surface area contributed by atoms with Crippen molar-refractivity contribution in [2.45, 2.75) is 6.92 Å². The van der Waals surface area contributed by atoms with E-state index in [1.54, 1.807) is 18.4 Å². The number of fused-ring (bicyclic) bond motifs is 1. The van der Waals surface area contributed by atoms with Gasteiger partial charge in [0.1, 0.15) is 0 Å². The Kier molecular flexibility index (Phi) is 4.70. The molecule has 0 atom stereocenters. The highest BCUT2D eigenvalue weighted by atomic mass is 32.1. The summed E-state index contributed by atoms with van der Waals surface area (Å²) < 4.78 is 5.99. The maximum atomic E-state index is 11.5. The molecule has 2 rings (SSSR count). The Balaban J connectivity index is 1.91. The number of ether oxygens (including phenoxy) is 1. The summed E-state index contributed by atoms with van der Waals surface area (Å²) in [4.78, 5) is 16.0. The van der Waals surface area contributed by atoms with Crippen LogP contribution in [0.5, 0.6) is 0 Å². The summed E-state index contributed by atoms with van der Waals surface area (Å²) in [5.41, 5.74) is 2.14. The molecule has 5 nitrogen and oxygen atoms in total. The number of methoxy groups -OCH3 is 1. The first-order valence-corrected chi connectivity index (χ1v) is 6.88. The van der Waals surface area contributed by atoms with E-state index < -0.39 is 0 Å². The van der Waals surface area contributed by atoms with Crippen molar-refractivity contribution in [2.75, 3.05) is 32.1 Å². The molecule has 1 heterocycles. The zero-order valence-corrected chi connectivity index (χ0v) is 11.8. The smallest absolute Gasteiger partial charge is 0.239 e. The fourth-order valence-corrected chi connectivity index (χ4v) is 2.61. The second-order valence-electron chi connectivity index (χ2n) is 4.14. The number of hydrogen-bond acceptors (Lipinski definition) is 5. The number of rotatable bonds is 6. The van der Waals surface area contributed by atoms with Gasteiger partial charge in [-0.3, -0.25) is 4.79 Å². The monoisotopic (exact) mass is 279 g/mol. The van der Waals surface area contributed by atoms with Gasteiger partial charge in [0, 0.05) is 13.7 Å². The maximum Gasteiger partial charge on any atom is 0.239 e. The van der Waals surface area contributed by atoms with E-state index in [2.05, 4.69) is 15.6 Å². The fourth-order valence-electron chi connectivity index (χ4n) is 1.67. The van der Waals surface area contributed by atoms with Crippen LogP contribution in [0.4, 0.5) is 5.13 Å². The van der Waals surface area contributed by atoms with Crippen LogP contribution in [0.1, 0.15) is 5.56 Å². The second kappa shape index (κ2) is 6.49. The molecule has 2 aromatic rings. The third-order valence-electron chi connectivity index (χ3n) is 2.65. The Morgan fingerprint density at radius 3 is 3.05 bits per heavy atom. The molecule has 0 fully saturated rings. The van der Waals surface area contributed by atoms with Crippen LogP contribution in [0, 0.1) is 6.92 Å². The Bertz CT molecular complexity index is 568. The minimum atomic E-state index is -0.0620. The first-order valence-electron chi connectivity index (χ1n) is 6.06. The van der Waals surface area contributed by atoms with E-state index in [9.17, 15) is 4.79 Å². The number of aromatic nitrogens is 1. The Morgan fingerprint density at radius 1 is 1.47 bits per heavy atom. The SMILES string of the molecule is COCCNC(=O)CNc1nc2c(C)cccc2s1. The van der Waals surface area contributed by atoms with Gasteiger partial charge in [0.25, 0.3) is 0 Å². The molecular weight excluding hydrogens is 262 g/mol. The van der Waals surface area contributed by atoms with Crippen molar-refractivity contribution in [1.29, 1.82) is 0 Å². The zero-order chi connectivity index (χ0) is 13.7. The highest BCUT2D eigenvalue weighted by molar-refractivity contribution is 7.22. The summed E-state index contributed by atoms with van der Waals surface area (Å²) in [7, 11) is 1.61. The van der Waals surface area contributed by atoms with Gasteiger partial charge in [-0.15, -0.1) is 0 Å². The second-order valence-corrected chi connectivity index (χ2v) is 5.17. The van der Waals surface area contributed by atoms with Gasteiger partial charge in [0.05, 0.1) is 23.4 Å². The lowest BCUT2D eigenvalue weighted by atomic mass is 10.2. The fraction of sp³-hybridized carbons (Fsp3) is 0.385. The largest absolute Gasteiger partial charge is 0.383 e. The number of nitrogens with one attached hydrogen (secondary N) is 2. The van der Waals surface area contributed by atoms with Crippen molar-refractivity contribution in [3.63, 3.8) is 0 Å². The Hall–Kier alpha value is -1.66. The molecule has 0 aliphatic rings. The van der Waals surface area contributed by atoms with Gasteiger partial charge in [0.15, 0.2) is 5.13 Å². The van der Waals surface area contributed by atoms with Crippen molar-refractivity contribution >= 4 is 32.6 Å². The van der Waals surface area contributed by atoms with Crippen molar-refractivity contribution in [3.8, 4) is 0 Å². The molecule has 2 N–H and O–H groups in total. The minimum Gasteiger partial charge on any atom is -0.383 e. The Labute approximate surface area is 116 Å². The molecule has 0 saturated heterocycles. The summed E-state index contributed by atoms with van der Waals surface area (Å²) in [6.07, 6.45) is 0. The summed E-state index contributed by atoms with van der Waals surface area (Å²) in [5.74, 6) is -0.0620. The lowest BCUT2D eigenvalue weighted by Gasteiger charge is -2.04. The predicted molar refractivity (Wildman–Crippen MR) is 77.7 cm³/mol. The van der Waals surface area contributed by atoms with Gasteiger partial charge < -0.3 is 15.4 Å². The van der Waals surface area contributed by atoms with Crippen molar-refractivity contribution in [1.82, 2.24) is 10.3 Å². The van der Waals surface area contributed by atoms with Crippen molar-refractivity contribution in [3.05, 3.63) is 23.8 Å². The van der Waals surface area contributed by atoms with E-state index in [0.717, 1.165) is 20.9 Å². The van der Waals surface area contributed by atoms with Crippen LogP contribution in [0.25, 0.3) is 10.2 Å². The van der Waals surface area contributed by atoms with Gasteiger partial charge in [-0.25, -0.2) is 4.98 Å². The molecule has 1 amide bonds. The van der Waals surface area contributed by atoms with Gasteiger partial charge in [-0.05, 0) is 18.6 Å². The van der Waals surface area contributed by atoms with Crippen LogP contribution in [-0.2, 0) is 9.53 Å². The molecule has 0 aliphatic carbocycles. The molecule has 19 heavy (non-hydrogen) atoms. The molecule has 102 valence electrons. The molecule has 0 spiro atoms. The average Bonchev–Trinajstić information content (AvgIpc) is 2.81. The third-order valence-corrected chi connectivity index (χ3v) is 3.63. The van der Waals surface area contributed by atoms with Gasteiger partial charge in [0.2, 0.25) is 5.91 Å². The van der Waals surface area contributed by atoms with E-state index in [-0.39, 0.29) is 12.5 Å².